The number of hydrogen-bond donors (Lipinski definition) is 3. The fourth-order valence-corrected chi connectivity index (χ4v) is 2.65. The van der Waals surface area contributed by atoms with Crippen LogP contribution in [-0.2, 0) is 10.0 Å². The average molecular weight is 305 g/mol. The van der Waals surface area contributed by atoms with E-state index in [0.717, 1.165) is 5.56 Å². The average Bonchev–Trinajstić information content (AvgIpc) is 2.97. The van der Waals surface area contributed by atoms with Crippen LogP contribution in [0.2, 0.25) is 0 Å². The van der Waals surface area contributed by atoms with Crippen molar-refractivity contribution in [2.45, 2.75) is 18.4 Å². The lowest BCUT2D eigenvalue weighted by molar-refractivity contribution is 0.305. The molecule has 0 radical (unpaired) electrons. The predicted octanol–water partition coefficient (Wildman–Crippen LogP) is 1.25. The SMILES string of the molecule is Cc1ccc(C#CCCO)cc1NS(=O)(=O)c1cnc[nH]1. The molecule has 110 valence electrons. The highest BCUT2D eigenvalue weighted by Gasteiger charge is 2.16. The first-order chi connectivity index (χ1) is 10.0. The topological polar surface area (TPSA) is 95.1 Å². The van der Waals surface area contributed by atoms with Gasteiger partial charge >= 0.3 is 0 Å². The maximum absolute atomic E-state index is 12.1. The van der Waals surface area contributed by atoms with Gasteiger partial charge in [0.15, 0.2) is 5.03 Å². The van der Waals surface area contributed by atoms with Gasteiger partial charge in [0, 0.05) is 12.0 Å². The molecule has 0 aliphatic carbocycles. The first-order valence-corrected chi connectivity index (χ1v) is 7.73. The zero-order valence-corrected chi connectivity index (χ0v) is 12.2. The van der Waals surface area contributed by atoms with E-state index in [9.17, 15) is 8.42 Å². The smallest absolute Gasteiger partial charge is 0.278 e. The van der Waals surface area contributed by atoms with Crippen molar-refractivity contribution in [3.8, 4) is 11.8 Å². The van der Waals surface area contributed by atoms with Crippen molar-refractivity contribution < 1.29 is 13.5 Å². The summed E-state index contributed by atoms with van der Waals surface area (Å²) in [6, 6.07) is 5.25. The molecule has 2 aromatic rings. The number of aryl methyl sites for hydroxylation is 1. The number of aliphatic hydroxyl groups excluding tert-OH is 1. The van der Waals surface area contributed by atoms with Crippen LogP contribution in [0.4, 0.5) is 5.69 Å². The van der Waals surface area contributed by atoms with E-state index in [-0.39, 0.29) is 11.6 Å². The number of benzene rings is 1. The van der Waals surface area contributed by atoms with Gasteiger partial charge in [0.25, 0.3) is 10.0 Å². The van der Waals surface area contributed by atoms with Crippen molar-refractivity contribution in [1.29, 1.82) is 0 Å². The number of aromatic amines is 1. The Labute approximate surface area is 123 Å². The highest BCUT2D eigenvalue weighted by atomic mass is 32.2. The molecule has 0 atom stereocenters. The minimum absolute atomic E-state index is 0.00123. The lowest BCUT2D eigenvalue weighted by atomic mass is 10.1. The molecule has 0 amide bonds. The van der Waals surface area contributed by atoms with Crippen molar-refractivity contribution in [1.82, 2.24) is 9.97 Å². The summed E-state index contributed by atoms with van der Waals surface area (Å²) in [5.74, 6) is 5.66. The van der Waals surface area contributed by atoms with Crippen molar-refractivity contribution in [3.05, 3.63) is 41.9 Å². The van der Waals surface area contributed by atoms with Crippen LogP contribution in [0.25, 0.3) is 0 Å². The molecular formula is C14H15N3O3S. The van der Waals surface area contributed by atoms with Crippen molar-refractivity contribution in [3.63, 3.8) is 0 Å². The molecule has 21 heavy (non-hydrogen) atoms. The minimum Gasteiger partial charge on any atom is -0.395 e. The van der Waals surface area contributed by atoms with Crippen LogP contribution in [0.3, 0.4) is 0 Å². The summed E-state index contributed by atoms with van der Waals surface area (Å²) in [7, 11) is -3.69. The van der Waals surface area contributed by atoms with Gasteiger partial charge < -0.3 is 10.1 Å². The standard InChI is InChI=1S/C14H15N3O3S/c1-11-5-6-12(4-2-3-7-18)8-13(11)17-21(19,20)14-9-15-10-16-14/h5-6,8-10,17-18H,3,7H2,1H3,(H,15,16). The number of nitrogens with one attached hydrogen (secondary N) is 2. The fourth-order valence-electron chi connectivity index (χ4n) is 1.62. The second-order valence-corrected chi connectivity index (χ2v) is 5.98. The zero-order chi connectivity index (χ0) is 15.3. The Bertz CT molecular complexity index is 772. The summed E-state index contributed by atoms with van der Waals surface area (Å²) in [6.07, 6.45) is 2.92. The molecule has 1 heterocycles. The quantitative estimate of drug-likeness (QED) is 0.741. The Balaban J connectivity index is 2.28. The maximum atomic E-state index is 12.1. The summed E-state index contributed by atoms with van der Waals surface area (Å²) >= 11 is 0. The normalized spacial score (nSPS) is 10.8. The molecule has 6 nitrogen and oxygen atoms in total. The van der Waals surface area contributed by atoms with Crippen molar-refractivity contribution in [2.24, 2.45) is 0 Å². The van der Waals surface area contributed by atoms with Crippen molar-refractivity contribution in [2.75, 3.05) is 11.3 Å². The molecule has 0 spiro atoms. The summed E-state index contributed by atoms with van der Waals surface area (Å²) in [4.78, 5) is 6.26. The van der Waals surface area contributed by atoms with Gasteiger partial charge in [-0.25, -0.2) is 4.98 Å². The molecule has 7 heteroatoms. The number of aliphatic hydroxyl groups is 1. The third kappa shape index (κ3) is 3.84. The first-order valence-electron chi connectivity index (χ1n) is 6.24. The monoisotopic (exact) mass is 305 g/mol. The van der Waals surface area contributed by atoms with E-state index < -0.39 is 10.0 Å². The molecule has 3 N–H and O–H groups in total. The van der Waals surface area contributed by atoms with Gasteiger partial charge in [0.1, 0.15) is 0 Å². The molecular weight excluding hydrogens is 290 g/mol. The van der Waals surface area contributed by atoms with Gasteiger partial charge in [0.2, 0.25) is 0 Å². The third-order valence-electron chi connectivity index (χ3n) is 2.71. The molecule has 0 aliphatic rings. The van der Waals surface area contributed by atoms with Crippen LogP contribution in [0.5, 0.6) is 0 Å². The Morgan fingerprint density at radius 3 is 2.90 bits per heavy atom. The Morgan fingerprint density at radius 2 is 2.24 bits per heavy atom. The lowest BCUT2D eigenvalue weighted by Gasteiger charge is -2.09. The number of aromatic nitrogens is 2. The maximum Gasteiger partial charge on any atom is 0.278 e. The molecule has 1 aromatic heterocycles. The number of hydrogen-bond acceptors (Lipinski definition) is 4. The fraction of sp³-hybridized carbons (Fsp3) is 0.214. The number of imidazole rings is 1. The summed E-state index contributed by atoms with van der Waals surface area (Å²) in [5.41, 5.74) is 1.92. The molecule has 2 rings (SSSR count). The van der Waals surface area contributed by atoms with E-state index in [4.69, 9.17) is 5.11 Å². The molecule has 0 fully saturated rings. The molecule has 0 saturated carbocycles. The molecule has 0 saturated heterocycles. The van der Waals surface area contributed by atoms with Gasteiger partial charge in [-0.15, -0.1) is 0 Å². The van der Waals surface area contributed by atoms with Crippen LogP contribution in [0.1, 0.15) is 17.5 Å². The second-order valence-electron chi connectivity index (χ2n) is 4.33. The van der Waals surface area contributed by atoms with E-state index in [1.807, 2.05) is 0 Å². The van der Waals surface area contributed by atoms with Gasteiger partial charge in [-0.05, 0) is 24.6 Å². The highest BCUT2D eigenvalue weighted by Crippen LogP contribution is 2.20. The number of H-pyrrole nitrogens is 1. The van der Waals surface area contributed by atoms with Crippen LogP contribution < -0.4 is 4.72 Å². The van der Waals surface area contributed by atoms with E-state index in [0.29, 0.717) is 17.7 Å². The van der Waals surface area contributed by atoms with E-state index in [2.05, 4.69) is 26.5 Å². The van der Waals surface area contributed by atoms with Crippen molar-refractivity contribution >= 4 is 15.7 Å². The van der Waals surface area contributed by atoms with Gasteiger partial charge in [0.05, 0.1) is 24.8 Å². The van der Waals surface area contributed by atoms with E-state index >= 15 is 0 Å². The first kappa shape index (κ1) is 15.1. The van der Waals surface area contributed by atoms with Gasteiger partial charge in [-0.3, -0.25) is 4.72 Å². The zero-order valence-electron chi connectivity index (χ0n) is 11.4. The Morgan fingerprint density at radius 1 is 1.43 bits per heavy atom. The van der Waals surface area contributed by atoms with Crippen LogP contribution in [0.15, 0.2) is 35.7 Å². The number of nitrogens with zero attached hydrogens (tertiary/aromatic N) is 1. The molecule has 0 aliphatic heterocycles. The number of anilines is 1. The second kappa shape index (κ2) is 6.43. The summed E-state index contributed by atoms with van der Waals surface area (Å²) in [6.45, 7) is 1.80. The Hall–Kier alpha value is -2.30. The summed E-state index contributed by atoms with van der Waals surface area (Å²) < 4.78 is 26.8. The molecule has 0 unspecified atom stereocenters. The molecule has 0 bridgehead atoms. The number of rotatable bonds is 4. The minimum atomic E-state index is -3.69. The van der Waals surface area contributed by atoms with E-state index in [1.54, 1.807) is 25.1 Å². The third-order valence-corrected chi connectivity index (χ3v) is 4.01. The van der Waals surface area contributed by atoms with Gasteiger partial charge in [-0.1, -0.05) is 17.9 Å². The van der Waals surface area contributed by atoms with Crippen LogP contribution >= 0.6 is 0 Å². The summed E-state index contributed by atoms with van der Waals surface area (Å²) in [5, 5.41) is 8.70. The van der Waals surface area contributed by atoms with Crippen LogP contribution in [0, 0.1) is 18.8 Å². The predicted molar refractivity (Wildman–Crippen MR) is 79.2 cm³/mol. The van der Waals surface area contributed by atoms with Gasteiger partial charge in [-0.2, -0.15) is 8.42 Å². The Kier molecular flexibility index (Phi) is 4.62. The number of sulfonamides is 1. The lowest BCUT2D eigenvalue weighted by Crippen LogP contribution is -2.14. The molecule has 1 aromatic carbocycles. The largest absolute Gasteiger partial charge is 0.395 e. The highest BCUT2D eigenvalue weighted by molar-refractivity contribution is 7.92. The van der Waals surface area contributed by atoms with E-state index in [1.165, 1.54) is 12.5 Å². The van der Waals surface area contributed by atoms with Crippen LogP contribution in [-0.4, -0.2) is 30.1 Å².